The highest BCUT2D eigenvalue weighted by atomic mass is 16.5. The first-order chi connectivity index (χ1) is 7.33. The summed E-state index contributed by atoms with van der Waals surface area (Å²) in [5, 5.41) is 3.92. The number of nitrogens with zero attached hydrogens (tertiary/aromatic N) is 2. The van der Waals surface area contributed by atoms with Gasteiger partial charge in [-0.25, -0.2) is 0 Å². The first-order valence-electron chi connectivity index (χ1n) is 5.23. The second-order valence-electron chi connectivity index (χ2n) is 4.04. The Hall–Kier alpha value is -1.64. The molecule has 1 saturated carbocycles. The van der Waals surface area contributed by atoms with Gasteiger partial charge in [0.25, 0.3) is 0 Å². The Morgan fingerprint density at radius 1 is 1.33 bits per heavy atom. The molecule has 3 nitrogen and oxygen atoms in total. The van der Waals surface area contributed by atoms with Crippen LogP contribution in [0.4, 0.5) is 0 Å². The van der Waals surface area contributed by atoms with Crippen molar-refractivity contribution in [2.75, 3.05) is 0 Å². The second-order valence-corrected chi connectivity index (χ2v) is 4.04. The molecule has 1 heterocycles. The SMILES string of the molecule is Cc1nc(-c2cccc(C3CC3)c2)no1. The van der Waals surface area contributed by atoms with Gasteiger partial charge in [-0.15, -0.1) is 0 Å². The molecule has 1 aliphatic carbocycles. The van der Waals surface area contributed by atoms with Crippen LogP contribution in [-0.4, -0.2) is 10.1 Å². The molecule has 76 valence electrons. The molecule has 0 aliphatic heterocycles. The van der Waals surface area contributed by atoms with Crippen molar-refractivity contribution < 1.29 is 4.52 Å². The summed E-state index contributed by atoms with van der Waals surface area (Å²) in [4.78, 5) is 4.22. The van der Waals surface area contributed by atoms with E-state index in [0.717, 1.165) is 11.5 Å². The summed E-state index contributed by atoms with van der Waals surface area (Å²) in [5.74, 6) is 2.06. The monoisotopic (exact) mass is 200 g/mol. The lowest BCUT2D eigenvalue weighted by Crippen LogP contribution is -1.84. The smallest absolute Gasteiger partial charge is 0.223 e. The highest BCUT2D eigenvalue weighted by Crippen LogP contribution is 2.40. The van der Waals surface area contributed by atoms with Crippen LogP contribution in [0.5, 0.6) is 0 Å². The molecule has 1 aliphatic rings. The fourth-order valence-electron chi connectivity index (χ4n) is 1.76. The summed E-state index contributed by atoms with van der Waals surface area (Å²) >= 11 is 0. The van der Waals surface area contributed by atoms with Gasteiger partial charge in [-0.05, 0) is 30.4 Å². The minimum absolute atomic E-state index is 0.613. The molecule has 1 fully saturated rings. The molecule has 2 aromatic rings. The lowest BCUT2D eigenvalue weighted by atomic mass is 10.1. The largest absolute Gasteiger partial charge is 0.339 e. The standard InChI is InChI=1S/C12H12N2O/c1-8-13-12(14-15-8)11-4-2-3-10(7-11)9-5-6-9/h2-4,7,9H,5-6H2,1H3. The number of benzene rings is 1. The predicted molar refractivity (Wildman–Crippen MR) is 56.4 cm³/mol. The lowest BCUT2D eigenvalue weighted by molar-refractivity contribution is 0.394. The van der Waals surface area contributed by atoms with Crippen molar-refractivity contribution in [3.8, 4) is 11.4 Å². The maximum absolute atomic E-state index is 4.97. The van der Waals surface area contributed by atoms with Gasteiger partial charge in [0.2, 0.25) is 11.7 Å². The molecule has 15 heavy (non-hydrogen) atoms. The number of aryl methyl sites for hydroxylation is 1. The van der Waals surface area contributed by atoms with Gasteiger partial charge >= 0.3 is 0 Å². The van der Waals surface area contributed by atoms with Crippen LogP contribution in [0.15, 0.2) is 28.8 Å². The topological polar surface area (TPSA) is 38.9 Å². The molecule has 0 amide bonds. The minimum atomic E-state index is 0.613. The van der Waals surface area contributed by atoms with Crippen LogP contribution in [0.1, 0.15) is 30.2 Å². The first-order valence-corrected chi connectivity index (χ1v) is 5.23. The second kappa shape index (κ2) is 3.19. The van der Waals surface area contributed by atoms with Crippen LogP contribution in [0.25, 0.3) is 11.4 Å². The van der Waals surface area contributed by atoms with Gasteiger partial charge in [0.1, 0.15) is 0 Å². The predicted octanol–water partition coefficient (Wildman–Crippen LogP) is 2.92. The molecule has 0 N–H and O–H groups in total. The van der Waals surface area contributed by atoms with E-state index >= 15 is 0 Å². The van der Waals surface area contributed by atoms with Crippen LogP contribution in [0, 0.1) is 6.92 Å². The van der Waals surface area contributed by atoms with Crippen molar-refractivity contribution in [1.29, 1.82) is 0 Å². The molecule has 3 rings (SSSR count). The van der Waals surface area contributed by atoms with E-state index in [1.807, 2.05) is 6.07 Å². The Bertz CT molecular complexity index is 486. The van der Waals surface area contributed by atoms with Crippen molar-refractivity contribution in [2.45, 2.75) is 25.7 Å². The molecule has 0 saturated heterocycles. The Morgan fingerprint density at radius 2 is 2.20 bits per heavy atom. The minimum Gasteiger partial charge on any atom is -0.339 e. The molecule has 3 heteroatoms. The quantitative estimate of drug-likeness (QED) is 0.748. The normalized spacial score (nSPS) is 15.5. The summed E-state index contributed by atoms with van der Waals surface area (Å²) in [6, 6.07) is 8.43. The number of rotatable bonds is 2. The van der Waals surface area contributed by atoms with Gasteiger partial charge < -0.3 is 4.52 Å². The van der Waals surface area contributed by atoms with Gasteiger partial charge in [0, 0.05) is 12.5 Å². The van der Waals surface area contributed by atoms with E-state index in [1.165, 1.54) is 18.4 Å². The molecule has 0 unspecified atom stereocenters. The molecular formula is C12H12N2O. The fraction of sp³-hybridized carbons (Fsp3) is 0.333. The molecule has 1 aromatic carbocycles. The van der Waals surface area contributed by atoms with E-state index in [0.29, 0.717) is 11.7 Å². The van der Waals surface area contributed by atoms with Gasteiger partial charge in [-0.2, -0.15) is 4.98 Å². The van der Waals surface area contributed by atoms with Gasteiger partial charge in [0.05, 0.1) is 0 Å². The van der Waals surface area contributed by atoms with Crippen molar-refractivity contribution in [1.82, 2.24) is 10.1 Å². The van der Waals surface area contributed by atoms with E-state index in [1.54, 1.807) is 6.92 Å². The van der Waals surface area contributed by atoms with Crippen LogP contribution in [0.2, 0.25) is 0 Å². The zero-order valence-electron chi connectivity index (χ0n) is 8.60. The zero-order chi connectivity index (χ0) is 10.3. The first kappa shape index (κ1) is 8.65. The summed E-state index contributed by atoms with van der Waals surface area (Å²) in [6.07, 6.45) is 2.63. The van der Waals surface area contributed by atoms with Crippen LogP contribution < -0.4 is 0 Å². The van der Waals surface area contributed by atoms with Crippen molar-refractivity contribution in [3.63, 3.8) is 0 Å². The Labute approximate surface area is 88.1 Å². The van der Waals surface area contributed by atoms with Crippen LogP contribution >= 0.6 is 0 Å². The summed E-state index contributed by atoms with van der Waals surface area (Å²) < 4.78 is 4.97. The van der Waals surface area contributed by atoms with Gasteiger partial charge in [-0.1, -0.05) is 23.4 Å². The summed E-state index contributed by atoms with van der Waals surface area (Å²) in [6.45, 7) is 1.81. The van der Waals surface area contributed by atoms with Gasteiger partial charge in [-0.3, -0.25) is 0 Å². The number of hydrogen-bond donors (Lipinski definition) is 0. The van der Waals surface area contributed by atoms with Crippen LogP contribution in [-0.2, 0) is 0 Å². The molecule has 1 aromatic heterocycles. The Morgan fingerprint density at radius 3 is 2.87 bits per heavy atom. The fourth-order valence-corrected chi connectivity index (χ4v) is 1.76. The average Bonchev–Trinajstić information content (AvgIpc) is 3.02. The zero-order valence-corrected chi connectivity index (χ0v) is 8.60. The van der Waals surface area contributed by atoms with E-state index in [-0.39, 0.29) is 0 Å². The summed E-state index contributed by atoms with van der Waals surface area (Å²) in [7, 11) is 0. The van der Waals surface area contributed by atoms with E-state index in [9.17, 15) is 0 Å². The maximum atomic E-state index is 4.97. The third-order valence-electron chi connectivity index (χ3n) is 2.72. The van der Waals surface area contributed by atoms with Crippen molar-refractivity contribution in [3.05, 3.63) is 35.7 Å². The van der Waals surface area contributed by atoms with Gasteiger partial charge in [0.15, 0.2) is 0 Å². The van der Waals surface area contributed by atoms with Crippen molar-refractivity contribution >= 4 is 0 Å². The average molecular weight is 200 g/mol. The molecule has 0 spiro atoms. The summed E-state index contributed by atoms with van der Waals surface area (Å²) in [5.41, 5.74) is 2.45. The molecule has 0 bridgehead atoms. The third-order valence-corrected chi connectivity index (χ3v) is 2.72. The maximum Gasteiger partial charge on any atom is 0.223 e. The Balaban J connectivity index is 2.00. The lowest BCUT2D eigenvalue weighted by Gasteiger charge is -1.99. The van der Waals surface area contributed by atoms with E-state index in [2.05, 4.69) is 28.3 Å². The van der Waals surface area contributed by atoms with Crippen LogP contribution in [0.3, 0.4) is 0 Å². The highest BCUT2D eigenvalue weighted by Gasteiger charge is 2.23. The molecular weight excluding hydrogens is 188 g/mol. The Kier molecular flexibility index (Phi) is 1.84. The van der Waals surface area contributed by atoms with Crippen molar-refractivity contribution in [2.24, 2.45) is 0 Å². The number of hydrogen-bond acceptors (Lipinski definition) is 3. The van der Waals surface area contributed by atoms with E-state index in [4.69, 9.17) is 4.52 Å². The third kappa shape index (κ3) is 1.65. The number of aromatic nitrogens is 2. The molecule has 0 atom stereocenters. The molecule has 0 radical (unpaired) electrons. The highest BCUT2D eigenvalue weighted by molar-refractivity contribution is 5.56. The van der Waals surface area contributed by atoms with E-state index < -0.39 is 0 Å².